The van der Waals surface area contributed by atoms with Gasteiger partial charge in [-0.05, 0) is 52.6 Å². The number of para-hydroxylation sites is 2. The summed E-state index contributed by atoms with van der Waals surface area (Å²) in [5, 5.41) is 7.33. The van der Waals surface area contributed by atoms with Crippen LogP contribution < -0.4 is 17.1 Å². The van der Waals surface area contributed by atoms with Crippen LogP contribution in [0.15, 0.2) is 97.1 Å². The molecule has 0 aliphatic rings. The van der Waals surface area contributed by atoms with Crippen molar-refractivity contribution in [1.82, 2.24) is 9.90 Å². The minimum Gasteiger partial charge on any atom is -1.00 e. The number of rotatable bonds is 2. The topological polar surface area (TPSA) is 21.7 Å². The minimum absolute atomic E-state index is 0. The van der Waals surface area contributed by atoms with Gasteiger partial charge < -0.3 is 12.4 Å². The number of benzene rings is 4. The van der Waals surface area contributed by atoms with E-state index in [1.54, 1.807) is 0 Å². The Hall–Kier alpha value is -3.17. The molecule has 26 heavy (non-hydrogen) atoms. The number of fused-ring (bicyclic) bond motifs is 3. The molecule has 126 valence electrons. The second-order valence-corrected chi connectivity index (χ2v) is 6.03. The molecule has 0 amide bonds. The van der Waals surface area contributed by atoms with Gasteiger partial charge in [0.2, 0.25) is 5.52 Å². The summed E-state index contributed by atoms with van der Waals surface area (Å²) in [7, 11) is 0. The third-order valence-corrected chi connectivity index (χ3v) is 4.48. The fraction of sp³-hybridized carbons (Fsp3) is 0. The lowest BCUT2D eigenvalue weighted by Gasteiger charge is -2.02. The van der Waals surface area contributed by atoms with Crippen LogP contribution in [0.4, 0.5) is 0 Å². The zero-order chi connectivity index (χ0) is 16.6. The van der Waals surface area contributed by atoms with Crippen LogP contribution in [-0.2, 0) is 0 Å². The third-order valence-electron chi connectivity index (χ3n) is 4.48. The first-order valence-electron chi connectivity index (χ1n) is 8.35. The molecule has 0 saturated heterocycles. The Kier molecular flexibility index (Phi) is 4.15. The standard InChI is InChI=1S/C22H16N3.ClH/c1-3-10-18(11-4-1)24-21-16-15-17-9-7-8-14-20(17)22(21)23-25(24)19-12-5-2-6-13-19;/h1-16H;1H/q+1;/p-1. The Balaban J connectivity index is 0.00000168. The van der Waals surface area contributed by atoms with Crippen molar-refractivity contribution in [2.45, 2.75) is 0 Å². The van der Waals surface area contributed by atoms with E-state index in [4.69, 9.17) is 5.10 Å². The Labute approximate surface area is 157 Å². The van der Waals surface area contributed by atoms with Gasteiger partial charge in [0.1, 0.15) is 5.69 Å². The molecule has 0 bridgehead atoms. The molecule has 0 aliphatic heterocycles. The van der Waals surface area contributed by atoms with Gasteiger partial charge in [-0.15, -0.1) is 4.68 Å². The van der Waals surface area contributed by atoms with E-state index in [1.807, 2.05) is 29.1 Å². The van der Waals surface area contributed by atoms with Gasteiger partial charge in [-0.2, -0.15) is 0 Å². The van der Waals surface area contributed by atoms with Crippen molar-refractivity contribution in [3.63, 3.8) is 0 Å². The van der Waals surface area contributed by atoms with Crippen molar-refractivity contribution < 1.29 is 17.1 Å². The number of aromatic nitrogens is 3. The minimum atomic E-state index is 0. The van der Waals surface area contributed by atoms with Gasteiger partial charge in [0.25, 0.3) is 5.52 Å². The molecule has 0 atom stereocenters. The summed E-state index contributed by atoms with van der Waals surface area (Å²) in [4.78, 5) is 1.98. The van der Waals surface area contributed by atoms with E-state index >= 15 is 0 Å². The maximum atomic E-state index is 4.97. The Bertz CT molecular complexity index is 1180. The van der Waals surface area contributed by atoms with Gasteiger partial charge >= 0.3 is 0 Å². The molecule has 0 N–H and O–H groups in total. The highest BCUT2D eigenvalue weighted by Crippen LogP contribution is 2.23. The van der Waals surface area contributed by atoms with E-state index in [0.717, 1.165) is 22.4 Å². The average Bonchev–Trinajstić information content (AvgIpc) is 3.09. The summed E-state index contributed by atoms with van der Waals surface area (Å²) in [6, 6.07) is 33.3. The molecule has 4 aromatic carbocycles. The van der Waals surface area contributed by atoms with Crippen LogP contribution in [0.25, 0.3) is 33.2 Å². The van der Waals surface area contributed by atoms with Crippen LogP contribution >= 0.6 is 0 Å². The van der Waals surface area contributed by atoms with Crippen LogP contribution in [0.3, 0.4) is 0 Å². The quantitative estimate of drug-likeness (QED) is 0.438. The highest BCUT2D eigenvalue weighted by atomic mass is 35.5. The maximum Gasteiger partial charge on any atom is 0.257 e. The lowest BCUT2D eigenvalue weighted by molar-refractivity contribution is -0.655. The first-order valence-corrected chi connectivity index (χ1v) is 8.35. The van der Waals surface area contributed by atoms with Crippen molar-refractivity contribution in [1.29, 1.82) is 0 Å². The predicted octanol–water partition coefficient (Wildman–Crippen LogP) is 1.46. The van der Waals surface area contributed by atoms with Crippen molar-refractivity contribution in [2.24, 2.45) is 0 Å². The van der Waals surface area contributed by atoms with Crippen LogP contribution in [-0.4, -0.2) is 9.90 Å². The number of nitrogens with zero attached hydrogens (tertiary/aromatic N) is 3. The molecular formula is C22H16ClN3. The van der Waals surface area contributed by atoms with Crippen molar-refractivity contribution in [2.75, 3.05) is 0 Å². The molecule has 1 aromatic heterocycles. The van der Waals surface area contributed by atoms with Gasteiger partial charge in [-0.3, -0.25) is 0 Å². The third kappa shape index (κ3) is 2.54. The molecule has 5 aromatic rings. The molecular weight excluding hydrogens is 342 g/mol. The molecule has 0 fully saturated rings. The summed E-state index contributed by atoms with van der Waals surface area (Å²) in [5.74, 6) is 0. The maximum absolute atomic E-state index is 4.97. The second kappa shape index (κ2) is 6.62. The summed E-state index contributed by atoms with van der Waals surface area (Å²) < 4.78 is 2.16. The van der Waals surface area contributed by atoms with Crippen molar-refractivity contribution in [3.8, 4) is 11.4 Å². The fourth-order valence-corrected chi connectivity index (χ4v) is 3.31. The number of hydrogen-bond acceptors (Lipinski definition) is 1. The largest absolute Gasteiger partial charge is 1.00 e. The summed E-state index contributed by atoms with van der Waals surface area (Å²) >= 11 is 0. The highest BCUT2D eigenvalue weighted by molar-refractivity contribution is 6.02. The van der Waals surface area contributed by atoms with Crippen molar-refractivity contribution >= 4 is 21.8 Å². The highest BCUT2D eigenvalue weighted by Gasteiger charge is 2.23. The molecule has 0 spiro atoms. The molecule has 1 heterocycles. The van der Waals surface area contributed by atoms with Gasteiger partial charge in [0, 0.05) is 5.39 Å². The molecule has 5 rings (SSSR count). The van der Waals surface area contributed by atoms with Crippen LogP contribution in [0.2, 0.25) is 0 Å². The number of hydrogen-bond donors (Lipinski definition) is 0. The zero-order valence-corrected chi connectivity index (χ0v) is 14.7. The molecule has 3 nitrogen and oxygen atoms in total. The fourth-order valence-electron chi connectivity index (χ4n) is 3.31. The van der Waals surface area contributed by atoms with E-state index in [2.05, 4.69) is 77.5 Å². The Morgan fingerprint density at radius 3 is 2.08 bits per heavy atom. The van der Waals surface area contributed by atoms with Crippen LogP contribution in [0.5, 0.6) is 0 Å². The lowest BCUT2D eigenvalue weighted by Crippen LogP contribution is -3.00. The van der Waals surface area contributed by atoms with E-state index in [0.29, 0.717) is 0 Å². The van der Waals surface area contributed by atoms with Gasteiger partial charge in [0.15, 0.2) is 5.69 Å². The molecule has 0 saturated carbocycles. The Morgan fingerprint density at radius 1 is 0.654 bits per heavy atom. The van der Waals surface area contributed by atoms with Crippen LogP contribution in [0.1, 0.15) is 0 Å². The molecule has 0 aliphatic carbocycles. The number of halogens is 1. The van der Waals surface area contributed by atoms with Gasteiger partial charge in [-0.1, -0.05) is 54.6 Å². The summed E-state index contributed by atoms with van der Waals surface area (Å²) in [6.45, 7) is 0. The van der Waals surface area contributed by atoms with E-state index in [9.17, 15) is 0 Å². The van der Waals surface area contributed by atoms with E-state index < -0.39 is 0 Å². The second-order valence-electron chi connectivity index (χ2n) is 6.03. The summed E-state index contributed by atoms with van der Waals surface area (Å²) in [5.41, 5.74) is 4.22. The van der Waals surface area contributed by atoms with E-state index in [1.165, 1.54) is 10.8 Å². The van der Waals surface area contributed by atoms with Gasteiger partial charge in [-0.25, -0.2) is 0 Å². The Morgan fingerprint density at radius 2 is 1.31 bits per heavy atom. The molecule has 0 radical (unpaired) electrons. The lowest BCUT2D eigenvalue weighted by atomic mass is 10.1. The molecule has 4 heteroatoms. The SMILES string of the molecule is [Cl-].c1ccc(-n2nc3c4ccccc4ccc3[n+]2-c2ccccc2)cc1. The van der Waals surface area contributed by atoms with Crippen molar-refractivity contribution in [3.05, 3.63) is 97.1 Å². The van der Waals surface area contributed by atoms with Crippen LogP contribution in [0, 0.1) is 0 Å². The smallest absolute Gasteiger partial charge is 0.257 e. The monoisotopic (exact) mass is 357 g/mol. The predicted molar refractivity (Wildman–Crippen MR) is 100 cm³/mol. The normalized spacial score (nSPS) is 10.8. The van der Waals surface area contributed by atoms with E-state index in [-0.39, 0.29) is 12.4 Å². The zero-order valence-electron chi connectivity index (χ0n) is 14.0. The average molecular weight is 358 g/mol. The first-order chi connectivity index (χ1) is 12.4. The summed E-state index contributed by atoms with van der Waals surface area (Å²) in [6.07, 6.45) is 0. The first kappa shape index (κ1) is 16.3. The van der Waals surface area contributed by atoms with Gasteiger partial charge in [0.05, 0.1) is 5.10 Å². The molecule has 0 unspecified atom stereocenters.